The van der Waals surface area contributed by atoms with Crippen molar-refractivity contribution in [3.05, 3.63) is 0 Å². The fourth-order valence-electron chi connectivity index (χ4n) is 2.70. The standard InChI is InChI=1S/C15H28F3N3O.2ClH/c1-3-20(4-2)10-11-21(9-7-15(16,17)18)14(22)12-13-6-5-8-19-13;;/h13,19H,3-12H2,1-2H3;2*1H. The lowest BCUT2D eigenvalue weighted by Crippen LogP contribution is -2.42. The van der Waals surface area contributed by atoms with Gasteiger partial charge in [-0.05, 0) is 32.5 Å². The molecule has 4 nitrogen and oxygen atoms in total. The third-order valence-electron chi connectivity index (χ3n) is 4.18. The Morgan fingerprint density at radius 3 is 2.21 bits per heavy atom. The summed E-state index contributed by atoms with van der Waals surface area (Å²) in [6.45, 7) is 7.32. The number of halogens is 5. The van der Waals surface area contributed by atoms with Crippen LogP contribution in [-0.4, -0.2) is 67.2 Å². The lowest BCUT2D eigenvalue weighted by Gasteiger charge is -2.28. The van der Waals surface area contributed by atoms with Gasteiger partial charge in [-0.2, -0.15) is 13.2 Å². The van der Waals surface area contributed by atoms with E-state index in [1.54, 1.807) is 0 Å². The average Bonchev–Trinajstić information content (AvgIpc) is 2.94. The van der Waals surface area contributed by atoms with Crippen LogP contribution in [0, 0.1) is 0 Å². The number of alkyl halides is 3. The molecule has 1 fully saturated rings. The zero-order valence-corrected chi connectivity index (χ0v) is 16.0. The van der Waals surface area contributed by atoms with Crippen molar-refractivity contribution in [2.75, 3.05) is 39.3 Å². The maximum atomic E-state index is 12.5. The van der Waals surface area contributed by atoms with Crippen LogP contribution in [0.2, 0.25) is 0 Å². The third-order valence-corrected chi connectivity index (χ3v) is 4.18. The van der Waals surface area contributed by atoms with E-state index < -0.39 is 12.6 Å². The second-order valence-corrected chi connectivity index (χ2v) is 5.77. The largest absolute Gasteiger partial charge is 0.390 e. The molecule has 1 aliphatic heterocycles. The monoisotopic (exact) mass is 395 g/mol. The maximum Gasteiger partial charge on any atom is 0.390 e. The van der Waals surface area contributed by atoms with E-state index in [0.29, 0.717) is 19.5 Å². The van der Waals surface area contributed by atoms with Crippen LogP contribution >= 0.6 is 24.8 Å². The minimum Gasteiger partial charge on any atom is -0.341 e. The van der Waals surface area contributed by atoms with Crippen molar-refractivity contribution in [1.29, 1.82) is 0 Å². The summed E-state index contributed by atoms with van der Waals surface area (Å²) in [5, 5.41) is 3.22. The van der Waals surface area contributed by atoms with Gasteiger partial charge in [-0.15, -0.1) is 24.8 Å². The predicted octanol–water partition coefficient (Wildman–Crippen LogP) is 3.09. The molecule has 24 heavy (non-hydrogen) atoms. The van der Waals surface area contributed by atoms with Crippen LogP contribution < -0.4 is 5.32 Å². The van der Waals surface area contributed by atoms with Gasteiger partial charge < -0.3 is 15.1 Å². The van der Waals surface area contributed by atoms with Gasteiger partial charge in [0.1, 0.15) is 0 Å². The number of nitrogens with one attached hydrogen (secondary N) is 1. The van der Waals surface area contributed by atoms with Crippen molar-refractivity contribution in [1.82, 2.24) is 15.1 Å². The van der Waals surface area contributed by atoms with Crippen LogP contribution in [0.3, 0.4) is 0 Å². The number of nitrogens with zero attached hydrogens (tertiary/aromatic N) is 2. The molecule has 0 saturated carbocycles. The van der Waals surface area contributed by atoms with Crippen LogP contribution in [0.4, 0.5) is 13.2 Å². The topological polar surface area (TPSA) is 35.6 Å². The Hall–Kier alpha value is -0.240. The molecule has 0 radical (unpaired) electrons. The normalized spacial score (nSPS) is 17.3. The SMILES string of the molecule is CCN(CC)CCN(CCC(F)(F)F)C(=O)CC1CCCN1.Cl.Cl. The first-order chi connectivity index (χ1) is 10.4. The molecule has 0 aromatic heterocycles. The minimum atomic E-state index is -4.22. The molecule has 1 heterocycles. The van der Waals surface area contributed by atoms with Crippen LogP contribution in [0.1, 0.15) is 39.5 Å². The van der Waals surface area contributed by atoms with E-state index in [0.717, 1.165) is 32.5 Å². The highest BCUT2D eigenvalue weighted by molar-refractivity contribution is 5.85. The molecule has 1 unspecified atom stereocenters. The number of carbonyl (C=O) groups excluding carboxylic acids is 1. The Morgan fingerprint density at radius 1 is 1.12 bits per heavy atom. The van der Waals surface area contributed by atoms with Crippen molar-refractivity contribution in [3.63, 3.8) is 0 Å². The molecule has 0 spiro atoms. The summed E-state index contributed by atoms with van der Waals surface area (Å²) >= 11 is 0. The summed E-state index contributed by atoms with van der Waals surface area (Å²) in [4.78, 5) is 15.8. The van der Waals surface area contributed by atoms with Crippen molar-refractivity contribution in [2.24, 2.45) is 0 Å². The van der Waals surface area contributed by atoms with Gasteiger partial charge in [0.25, 0.3) is 0 Å². The van der Waals surface area contributed by atoms with E-state index in [-0.39, 0.29) is 43.3 Å². The second kappa shape index (κ2) is 13.0. The van der Waals surface area contributed by atoms with Crippen LogP contribution in [0.15, 0.2) is 0 Å². The number of rotatable bonds is 9. The van der Waals surface area contributed by atoms with Crippen LogP contribution in [0.5, 0.6) is 0 Å². The summed E-state index contributed by atoms with van der Waals surface area (Å²) in [6.07, 6.45) is -2.90. The van der Waals surface area contributed by atoms with E-state index in [4.69, 9.17) is 0 Å². The van der Waals surface area contributed by atoms with E-state index in [1.165, 1.54) is 4.90 Å². The summed E-state index contributed by atoms with van der Waals surface area (Å²) in [6, 6.07) is 0.120. The number of amides is 1. The first-order valence-corrected chi connectivity index (χ1v) is 8.16. The van der Waals surface area contributed by atoms with Gasteiger partial charge in [-0.1, -0.05) is 13.8 Å². The molecule has 1 aliphatic rings. The fourth-order valence-corrected chi connectivity index (χ4v) is 2.70. The number of carbonyl (C=O) groups is 1. The van der Waals surface area contributed by atoms with Gasteiger partial charge in [0.15, 0.2) is 0 Å². The fraction of sp³-hybridized carbons (Fsp3) is 0.933. The maximum absolute atomic E-state index is 12.5. The highest BCUT2D eigenvalue weighted by atomic mass is 35.5. The van der Waals surface area contributed by atoms with Gasteiger partial charge >= 0.3 is 6.18 Å². The molecule has 1 amide bonds. The van der Waals surface area contributed by atoms with Gasteiger partial charge in [0, 0.05) is 32.1 Å². The molecule has 1 rings (SSSR count). The Morgan fingerprint density at radius 2 is 1.75 bits per heavy atom. The van der Waals surface area contributed by atoms with Crippen molar-refractivity contribution < 1.29 is 18.0 Å². The Balaban J connectivity index is 0. The highest BCUT2D eigenvalue weighted by Crippen LogP contribution is 2.20. The summed E-state index contributed by atoms with van der Waals surface area (Å²) in [7, 11) is 0. The number of hydrogen-bond acceptors (Lipinski definition) is 3. The quantitative estimate of drug-likeness (QED) is 0.651. The van der Waals surface area contributed by atoms with Crippen molar-refractivity contribution in [2.45, 2.75) is 51.7 Å². The van der Waals surface area contributed by atoms with Gasteiger partial charge in [0.05, 0.1) is 6.42 Å². The average molecular weight is 396 g/mol. The molecule has 0 bridgehead atoms. The molecule has 1 atom stereocenters. The third kappa shape index (κ3) is 10.6. The predicted molar refractivity (Wildman–Crippen MR) is 95.2 cm³/mol. The smallest absolute Gasteiger partial charge is 0.341 e. The van der Waals surface area contributed by atoms with Crippen molar-refractivity contribution >= 4 is 30.7 Å². The van der Waals surface area contributed by atoms with Gasteiger partial charge in [-0.3, -0.25) is 4.79 Å². The molecular weight excluding hydrogens is 366 g/mol. The lowest BCUT2D eigenvalue weighted by atomic mass is 10.1. The van der Waals surface area contributed by atoms with E-state index >= 15 is 0 Å². The van der Waals surface area contributed by atoms with Gasteiger partial charge in [0.2, 0.25) is 5.91 Å². The van der Waals surface area contributed by atoms with Gasteiger partial charge in [-0.25, -0.2) is 0 Å². The Kier molecular flexibility index (Phi) is 14.1. The summed E-state index contributed by atoms with van der Waals surface area (Å²) in [5.74, 6) is -0.171. The zero-order valence-electron chi connectivity index (χ0n) is 14.4. The molecule has 1 N–H and O–H groups in total. The van der Waals surface area contributed by atoms with Crippen LogP contribution in [0.25, 0.3) is 0 Å². The molecule has 146 valence electrons. The van der Waals surface area contributed by atoms with E-state index in [9.17, 15) is 18.0 Å². The summed E-state index contributed by atoms with van der Waals surface area (Å²) in [5.41, 5.74) is 0. The second-order valence-electron chi connectivity index (χ2n) is 5.77. The first-order valence-electron chi connectivity index (χ1n) is 8.16. The molecule has 9 heteroatoms. The molecule has 0 aromatic carbocycles. The van der Waals surface area contributed by atoms with E-state index in [2.05, 4.69) is 10.2 Å². The van der Waals surface area contributed by atoms with Crippen LogP contribution in [-0.2, 0) is 4.79 Å². The summed E-state index contributed by atoms with van der Waals surface area (Å²) < 4.78 is 37.4. The molecule has 0 aliphatic carbocycles. The molecule has 0 aromatic rings. The molecular formula is C15H30Cl2F3N3O. The zero-order chi connectivity index (χ0) is 16.6. The van der Waals surface area contributed by atoms with E-state index in [1.807, 2.05) is 13.8 Å². The lowest BCUT2D eigenvalue weighted by molar-refractivity contribution is -0.145. The minimum absolute atomic E-state index is 0. The first kappa shape index (κ1) is 26.0. The number of likely N-dealkylation sites (N-methyl/N-ethyl adjacent to an activating group) is 1. The molecule has 1 saturated heterocycles. The Labute approximate surface area is 155 Å². The Bertz CT molecular complexity index is 336. The number of hydrogen-bond donors (Lipinski definition) is 1. The highest BCUT2D eigenvalue weighted by Gasteiger charge is 2.30. The van der Waals surface area contributed by atoms with Crippen molar-refractivity contribution in [3.8, 4) is 0 Å².